The molecule has 0 aliphatic carbocycles. The van der Waals surface area contributed by atoms with Crippen molar-refractivity contribution in [2.45, 2.75) is 0 Å². The molecule has 0 radical (unpaired) electrons. The van der Waals surface area contributed by atoms with Crippen LogP contribution in [0.3, 0.4) is 0 Å². The molecule has 0 saturated carbocycles. The highest BCUT2D eigenvalue weighted by Gasteiger charge is 2.07. The smallest absolute Gasteiger partial charge is 0.207 e. The van der Waals surface area contributed by atoms with Crippen LogP contribution >= 0.6 is 12.2 Å². The second-order valence-corrected chi connectivity index (χ2v) is 3.06. The molecule has 1 aromatic heterocycles. The van der Waals surface area contributed by atoms with Gasteiger partial charge in [-0.3, -0.25) is 0 Å². The lowest BCUT2D eigenvalue weighted by Crippen LogP contribution is -2.00. The summed E-state index contributed by atoms with van der Waals surface area (Å²) in [4.78, 5) is 0. The van der Waals surface area contributed by atoms with E-state index in [2.05, 4.69) is 15.5 Å². The molecule has 0 bridgehead atoms. The predicted molar refractivity (Wildman–Crippen MR) is 51.2 cm³/mol. The van der Waals surface area contributed by atoms with Crippen LogP contribution < -0.4 is 0 Å². The first-order chi connectivity index (χ1) is 7.22. The molecule has 15 heavy (non-hydrogen) atoms. The minimum Gasteiger partial charge on any atom is -0.207 e. The molecule has 0 aliphatic heterocycles. The molecule has 7 heteroatoms. The van der Waals surface area contributed by atoms with Crippen molar-refractivity contribution in [1.82, 2.24) is 20.2 Å². The van der Waals surface area contributed by atoms with Crippen molar-refractivity contribution in [3.8, 4) is 11.8 Å². The van der Waals surface area contributed by atoms with E-state index in [1.807, 2.05) is 6.07 Å². The van der Waals surface area contributed by atoms with E-state index >= 15 is 0 Å². The summed E-state index contributed by atoms with van der Waals surface area (Å²) in [6.07, 6.45) is 0. The number of rotatable bonds is 1. The summed E-state index contributed by atoms with van der Waals surface area (Å²) in [6.45, 7) is 0. The molecule has 74 valence electrons. The second-order valence-electron chi connectivity index (χ2n) is 2.70. The number of hydrogen-bond donors (Lipinski definition) is 1. The van der Waals surface area contributed by atoms with Crippen LogP contribution in [0.25, 0.3) is 5.69 Å². The van der Waals surface area contributed by atoms with E-state index in [-0.39, 0.29) is 16.0 Å². The van der Waals surface area contributed by atoms with Crippen LogP contribution in [0.15, 0.2) is 18.2 Å². The Morgan fingerprint density at radius 2 is 2.33 bits per heavy atom. The number of aromatic amines is 1. The Bertz CT molecular complexity index is 594. The van der Waals surface area contributed by atoms with E-state index in [1.165, 1.54) is 16.8 Å². The van der Waals surface area contributed by atoms with Crippen LogP contribution in [-0.4, -0.2) is 20.2 Å². The van der Waals surface area contributed by atoms with Crippen molar-refractivity contribution in [2.75, 3.05) is 0 Å². The Kier molecular flexibility index (Phi) is 2.27. The highest BCUT2D eigenvalue weighted by atomic mass is 32.1. The first-order valence-electron chi connectivity index (χ1n) is 3.92. The minimum absolute atomic E-state index is 0.124. The second kappa shape index (κ2) is 3.59. The van der Waals surface area contributed by atoms with Gasteiger partial charge in [0.1, 0.15) is 11.5 Å². The molecule has 5 nitrogen and oxygen atoms in total. The average Bonchev–Trinajstić information content (AvgIpc) is 2.64. The third-order valence-electron chi connectivity index (χ3n) is 1.79. The number of benzene rings is 1. The van der Waals surface area contributed by atoms with Crippen LogP contribution in [-0.2, 0) is 0 Å². The lowest BCUT2D eigenvalue weighted by atomic mass is 10.2. The van der Waals surface area contributed by atoms with Crippen molar-refractivity contribution in [3.05, 3.63) is 34.4 Å². The Morgan fingerprint density at radius 3 is 2.87 bits per heavy atom. The van der Waals surface area contributed by atoms with Crippen molar-refractivity contribution < 1.29 is 4.39 Å². The maximum atomic E-state index is 13.5. The highest BCUT2D eigenvalue weighted by molar-refractivity contribution is 7.71. The maximum absolute atomic E-state index is 13.5. The Labute approximate surface area is 88.8 Å². The van der Waals surface area contributed by atoms with Crippen molar-refractivity contribution in [3.63, 3.8) is 0 Å². The highest BCUT2D eigenvalue weighted by Crippen LogP contribution is 2.13. The minimum atomic E-state index is -0.559. The standard InChI is InChI=1S/C8H4FN5S/c9-6-3-5(4-10)1-2-7(6)14-8(15)11-12-13-14/h1-3H,(H,11,13,15). The zero-order chi connectivity index (χ0) is 10.8. The van der Waals surface area contributed by atoms with Gasteiger partial charge in [0.05, 0.1) is 11.6 Å². The van der Waals surface area contributed by atoms with E-state index < -0.39 is 5.82 Å². The summed E-state index contributed by atoms with van der Waals surface area (Å²) in [6, 6.07) is 5.88. The first kappa shape index (κ1) is 9.48. The van der Waals surface area contributed by atoms with Gasteiger partial charge in [-0.15, -0.1) is 0 Å². The number of H-pyrrole nitrogens is 1. The third kappa shape index (κ3) is 1.62. The summed E-state index contributed by atoms with van der Waals surface area (Å²) in [5.41, 5.74) is 0.430. The lowest BCUT2D eigenvalue weighted by molar-refractivity contribution is 0.605. The molecule has 0 amide bonds. The normalized spacial score (nSPS) is 9.87. The van der Waals surface area contributed by atoms with Crippen molar-refractivity contribution >= 4 is 12.2 Å². The van der Waals surface area contributed by atoms with Gasteiger partial charge < -0.3 is 0 Å². The fourth-order valence-corrected chi connectivity index (χ4v) is 1.29. The number of hydrogen-bond acceptors (Lipinski definition) is 4. The topological polar surface area (TPSA) is 70.3 Å². The van der Waals surface area contributed by atoms with Gasteiger partial charge in [0.25, 0.3) is 0 Å². The van der Waals surface area contributed by atoms with E-state index in [9.17, 15) is 4.39 Å². The lowest BCUT2D eigenvalue weighted by Gasteiger charge is -2.01. The number of nitriles is 1. The summed E-state index contributed by atoms with van der Waals surface area (Å²) in [5, 5.41) is 17.9. The predicted octanol–water partition coefficient (Wildman–Crippen LogP) is 1.34. The molecule has 0 fully saturated rings. The first-order valence-corrected chi connectivity index (χ1v) is 4.33. The van der Waals surface area contributed by atoms with Gasteiger partial charge >= 0.3 is 0 Å². The third-order valence-corrected chi connectivity index (χ3v) is 2.05. The van der Waals surface area contributed by atoms with Crippen LogP contribution in [0.4, 0.5) is 4.39 Å². The number of nitrogens with one attached hydrogen (secondary N) is 1. The molecule has 0 saturated heterocycles. The molecular formula is C8H4FN5S. The van der Waals surface area contributed by atoms with Crippen LogP contribution in [0.1, 0.15) is 5.56 Å². The van der Waals surface area contributed by atoms with Crippen molar-refractivity contribution in [1.29, 1.82) is 5.26 Å². The molecular weight excluding hydrogens is 217 g/mol. The van der Waals surface area contributed by atoms with Crippen LogP contribution in [0, 0.1) is 21.9 Å². The zero-order valence-corrected chi connectivity index (χ0v) is 8.12. The Morgan fingerprint density at radius 1 is 1.53 bits per heavy atom. The Balaban J connectivity index is 2.61. The van der Waals surface area contributed by atoms with Gasteiger partial charge in [0.15, 0.2) is 0 Å². The number of aromatic nitrogens is 4. The number of halogens is 1. The molecule has 0 aliphatic rings. The SMILES string of the molecule is N#Cc1ccc(-n2[nH]nnc2=S)c(F)c1. The van der Waals surface area contributed by atoms with E-state index in [0.29, 0.717) is 0 Å². The van der Waals surface area contributed by atoms with Crippen LogP contribution in [0.2, 0.25) is 0 Å². The number of tetrazole rings is 1. The molecule has 0 spiro atoms. The summed E-state index contributed by atoms with van der Waals surface area (Å²) < 4.78 is 14.8. The largest absolute Gasteiger partial charge is 0.243 e. The van der Waals surface area contributed by atoms with Crippen LogP contribution in [0.5, 0.6) is 0 Å². The molecule has 2 rings (SSSR count). The molecule has 1 heterocycles. The van der Waals surface area contributed by atoms with Gasteiger partial charge in [0, 0.05) is 0 Å². The van der Waals surface area contributed by atoms with Gasteiger partial charge in [-0.05, 0) is 30.4 Å². The summed E-state index contributed by atoms with van der Waals surface area (Å²) in [5.74, 6) is -0.559. The van der Waals surface area contributed by atoms with Gasteiger partial charge in [0.2, 0.25) is 4.77 Å². The molecule has 2 aromatic rings. The fourth-order valence-electron chi connectivity index (χ4n) is 1.11. The van der Waals surface area contributed by atoms with Crippen molar-refractivity contribution in [2.24, 2.45) is 0 Å². The Hall–Kier alpha value is -2.07. The zero-order valence-electron chi connectivity index (χ0n) is 7.31. The monoisotopic (exact) mass is 221 g/mol. The van der Waals surface area contributed by atoms with Gasteiger partial charge in [-0.1, -0.05) is 10.3 Å². The van der Waals surface area contributed by atoms with E-state index in [0.717, 1.165) is 6.07 Å². The maximum Gasteiger partial charge on any atom is 0.243 e. The fraction of sp³-hybridized carbons (Fsp3) is 0. The number of nitrogens with zero attached hydrogens (tertiary/aromatic N) is 4. The summed E-state index contributed by atoms with van der Waals surface area (Å²) >= 11 is 4.81. The van der Waals surface area contributed by atoms with E-state index in [4.69, 9.17) is 17.5 Å². The van der Waals surface area contributed by atoms with E-state index in [1.54, 1.807) is 0 Å². The molecule has 1 N–H and O–H groups in total. The average molecular weight is 221 g/mol. The molecule has 1 aromatic carbocycles. The molecule has 0 atom stereocenters. The van der Waals surface area contributed by atoms with Gasteiger partial charge in [-0.2, -0.15) is 10.5 Å². The quantitative estimate of drug-likeness (QED) is 0.737. The summed E-state index contributed by atoms with van der Waals surface area (Å²) in [7, 11) is 0. The van der Waals surface area contributed by atoms with Gasteiger partial charge in [-0.25, -0.2) is 9.07 Å². The molecule has 0 unspecified atom stereocenters.